The van der Waals surface area contributed by atoms with Crippen LogP contribution in [0.1, 0.15) is 53.6 Å². The van der Waals surface area contributed by atoms with E-state index in [2.05, 4.69) is 4.98 Å². The molecule has 0 aliphatic carbocycles. The van der Waals surface area contributed by atoms with Crippen molar-refractivity contribution in [3.63, 3.8) is 0 Å². The third-order valence-corrected chi connectivity index (χ3v) is 5.33. The number of hydrogen-bond donors (Lipinski definition) is 1. The second kappa shape index (κ2) is 7.89. The van der Waals surface area contributed by atoms with Crippen molar-refractivity contribution < 1.29 is 9.21 Å². The molecule has 1 amide bonds. The van der Waals surface area contributed by atoms with Gasteiger partial charge in [-0.1, -0.05) is 43.2 Å². The van der Waals surface area contributed by atoms with Crippen molar-refractivity contribution in [2.75, 3.05) is 6.54 Å². The molecule has 0 spiro atoms. The maximum absolute atomic E-state index is 13.3. The van der Waals surface area contributed by atoms with Gasteiger partial charge in [-0.3, -0.25) is 9.59 Å². The number of aryl methyl sites for hydroxylation is 1. The molecule has 1 N–H and O–H groups in total. The second-order valence-electron chi connectivity index (χ2n) is 7.29. The highest BCUT2D eigenvalue weighted by Crippen LogP contribution is 2.32. The minimum atomic E-state index is -0.357. The van der Waals surface area contributed by atoms with Crippen LogP contribution in [-0.4, -0.2) is 22.3 Å². The van der Waals surface area contributed by atoms with Gasteiger partial charge in [0.2, 0.25) is 0 Å². The van der Waals surface area contributed by atoms with Gasteiger partial charge in [-0.2, -0.15) is 0 Å². The Morgan fingerprint density at radius 2 is 1.86 bits per heavy atom. The van der Waals surface area contributed by atoms with Crippen molar-refractivity contribution in [2.24, 2.45) is 0 Å². The average Bonchev–Trinajstić information content (AvgIpc) is 3.00. The number of amides is 1. The molecule has 28 heavy (non-hydrogen) atoms. The van der Waals surface area contributed by atoms with E-state index in [1.165, 1.54) is 0 Å². The Kier molecular flexibility index (Phi) is 5.15. The van der Waals surface area contributed by atoms with E-state index in [9.17, 15) is 9.59 Å². The Balaban J connectivity index is 1.66. The lowest BCUT2D eigenvalue weighted by atomic mass is 10.1. The van der Waals surface area contributed by atoms with Gasteiger partial charge in [-0.25, -0.2) is 0 Å². The lowest BCUT2D eigenvalue weighted by molar-refractivity contribution is 0.0655. The van der Waals surface area contributed by atoms with Gasteiger partial charge in [0.1, 0.15) is 17.1 Å². The van der Waals surface area contributed by atoms with Crippen molar-refractivity contribution in [3.05, 3.63) is 82.0 Å². The van der Waals surface area contributed by atoms with Gasteiger partial charge in [0, 0.05) is 12.2 Å². The number of likely N-dealkylation sites (tertiary alicyclic amines) is 1. The molecule has 4 rings (SSSR count). The number of benzene rings is 1. The summed E-state index contributed by atoms with van der Waals surface area (Å²) in [5.74, 6) is 1.39. The summed E-state index contributed by atoms with van der Waals surface area (Å²) in [6.07, 6.45) is 3.89. The third kappa shape index (κ3) is 3.65. The van der Waals surface area contributed by atoms with E-state index in [0.717, 1.165) is 42.8 Å². The zero-order chi connectivity index (χ0) is 19.5. The smallest absolute Gasteiger partial charge is 0.261 e. The largest absolute Gasteiger partial charge is 0.464 e. The van der Waals surface area contributed by atoms with E-state index in [0.29, 0.717) is 12.2 Å². The van der Waals surface area contributed by atoms with E-state index in [4.69, 9.17) is 4.42 Å². The first kappa shape index (κ1) is 18.3. The highest BCUT2D eigenvalue weighted by molar-refractivity contribution is 5.94. The molecule has 0 radical (unpaired) electrons. The summed E-state index contributed by atoms with van der Waals surface area (Å²) in [7, 11) is 0. The highest BCUT2D eigenvalue weighted by Gasteiger charge is 2.30. The number of aromatic nitrogens is 1. The fourth-order valence-electron chi connectivity index (χ4n) is 3.86. The number of furan rings is 1. The molecule has 1 aromatic carbocycles. The van der Waals surface area contributed by atoms with Crippen LogP contribution < -0.4 is 5.56 Å². The average molecular weight is 376 g/mol. The summed E-state index contributed by atoms with van der Waals surface area (Å²) in [4.78, 5) is 30.6. The fraction of sp³-hybridized carbons (Fsp3) is 0.304. The number of aromatic amines is 1. The fourth-order valence-corrected chi connectivity index (χ4v) is 3.86. The zero-order valence-corrected chi connectivity index (χ0v) is 16.0. The number of nitrogens with zero attached hydrogens (tertiary/aromatic N) is 1. The van der Waals surface area contributed by atoms with Crippen molar-refractivity contribution in [3.8, 4) is 11.3 Å². The normalized spacial score (nSPS) is 17.3. The van der Waals surface area contributed by atoms with E-state index in [-0.39, 0.29) is 23.1 Å². The van der Waals surface area contributed by atoms with Gasteiger partial charge in [0.15, 0.2) is 0 Å². The van der Waals surface area contributed by atoms with Crippen LogP contribution in [0.5, 0.6) is 0 Å². The summed E-state index contributed by atoms with van der Waals surface area (Å²) in [5, 5.41) is 0. The Labute approximate surface area is 164 Å². The number of H-pyrrole nitrogens is 1. The SMILES string of the molecule is Cc1ccc(C2CCCCCN2C(=O)c2ccc(-c3ccccc3)[nH]c2=O)o1. The first-order chi connectivity index (χ1) is 13.6. The number of carbonyl (C=O) groups is 1. The molecule has 5 nitrogen and oxygen atoms in total. The molecule has 144 valence electrons. The molecule has 1 unspecified atom stereocenters. The van der Waals surface area contributed by atoms with E-state index < -0.39 is 0 Å². The van der Waals surface area contributed by atoms with E-state index >= 15 is 0 Å². The molecular formula is C23H24N2O3. The lowest BCUT2D eigenvalue weighted by Crippen LogP contribution is -2.37. The summed E-state index contributed by atoms with van der Waals surface area (Å²) >= 11 is 0. The number of hydrogen-bond acceptors (Lipinski definition) is 3. The topological polar surface area (TPSA) is 66.3 Å². The van der Waals surface area contributed by atoms with E-state index in [1.807, 2.05) is 49.4 Å². The van der Waals surface area contributed by atoms with Crippen molar-refractivity contribution >= 4 is 5.91 Å². The molecule has 1 atom stereocenters. The van der Waals surface area contributed by atoms with Crippen LogP contribution in [-0.2, 0) is 0 Å². The summed E-state index contributed by atoms with van der Waals surface area (Å²) in [5.41, 5.74) is 1.44. The molecule has 1 saturated heterocycles. The van der Waals surface area contributed by atoms with Gasteiger partial charge < -0.3 is 14.3 Å². The second-order valence-corrected chi connectivity index (χ2v) is 7.29. The van der Waals surface area contributed by atoms with Crippen LogP contribution in [0.4, 0.5) is 0 Å². The van der Waals surface area contributed by atoms with Gasteiger partial charge in [-0.15, -0.1) is 0 Å². The van der Waals surface area contributed by atoms with Gasteiger partial charge >= 0.3 is 0 Å². The number of nitrogens with one attached hydrogen (secondary N) is 1. The molecule has 1 aliphatic rings. The van der Waals surface area contributed by atoms with Crippen LogP contribution >= 0.6 is 0 Å². The Morgan fingerprint density at radius 1 is 1.04 bits per heavy atom. The molecule has 1 aliphatic heterocycles. The molecule has 3 heterocycles. The predicted octanol–water partition coefficient (Wildman–Crippen LogP) is 4.70. The molecule has 0 saturated carbocycles. The minimum Gasteiger partial charge on any atom is -0.464 e. The standard InChI is InChI=1S/C23H24N2O3/c1-16-11-14-21(28-16)20-10-6-3-7-15-25(20)23(27)18-12-13-19(24-22(18)26)17-8-4-2-5-9-17/h2,4-5,8-9,11-14,20H,3,6-7,10,15H2,1H3,(H,24,26). The van der Waals surface area contributed by atoms with Crippen LogP contribution in [0.3, 0.4) is 0 Å². The van der Waals surface area contributed by atoms with Crippen LogP contribution in [0, 0.1) is 6.92 Å². The van der Waals surface area contributed by atoms with Gasteiger partial charge in [0.05, 0.1) is 6.04 Å². The van der Waals surface area contributed by atoms with Crippen LogP contribution in [0.15, 0.2) is 63.8 Å². The molecule has 2 aromatic heterocycles. The van der Waals surface area contributed by atoms with E-state index in [1.54, 1.807) is 17.0 Å². The Bertz CT molecular complexity index is 1020. The number of pyridine rings is 1. The first-order valence-corrected chi connectivity index (χ1v) is 9.79. The van der Waals surface area contributed by atoms with Crippen molar-refractivity contribution in [2.45, 2.75) is 38.6 Å². The van der Waals surface area contributed by atoms with Crippen LogP contribution in [0.2, 0.25) is 0 Å². The Hall–Kier alpha value is -3.08. The molecule has 3 aromatic rings. The maximum atomic E-state index is 13.3. The molecule has 1 fully saturated rings. The van der Waals surface area contributed by atoms with Crippen molar-refractivity contribution in [1.29, 1.82) is 0 Å². The monoisotopic (exact) mass is 376 g/mol. The first-order valence-electron chi connectivity index (χ1n) is 9.79. The maximum Gasteiger partial charge on any atom is 0.261 e. The number of carbonyl (C=O) groups excluding carboxylic acids is 1. The molecular weight excluding hydrogens is 352 g/mol. The van der Waals surface area contributed by atoms with Crippen molar-refractivity contribution in [1.82, 2.24) is 9.88 Å². The molecule has 0 bridgehead atoms. The minimum absolute atomic E-state index is 0.128. The van der Waals surface area contributed by atoms with Gasteiger partial charge in [0.25, 0.3) is 11.5 Å². The summed E-state index contributed by atoms with van der Waals surface area (Å²) in [6.45, 7) is 2.53. The predicted molar refractivity (Wildman–Crippen MR) is 108 cm³/mol. The lowest BCUT2D eigenvalue weighted by Gasteiger charge is -2.28. The third-order valence-electron chi connectivity index (χ3n) is 5.33. The summed E-state index contributed by atoms with van der Waals surface area (Å²) < 4.78 is 5.82. The zero-order valence-electron chi connectivity index (χ0n) is 16.0. The quantitative estimate of drug-likeness (QED) is 0.720. The number of rotatable bonds is 3. The van der Waals surface area contributed by atoms with Gasteiger partial charge in [-0.05, 0) is 49.6 Å². The highest BCUT2D eigenvalue weighted by atomic mass is 16.3. The Morgan fingerprint density at radius 3 is 2.57 bits per heavy atom. The van der Waals surface area contributed by atoms with Crippen LogP contribution in [0.25, 0.3) is 11.3 Å². The molecule has 5 heteroatoms. The summed E-state index contributed by atoms with van der Waals surface area (Å²) in [6, 6.07) is 16.8.